The summed E-state index contributed by atoms with van der Waals surface area (Å²) in [7, 11) is 2.10. The van der Waals surface area contributed by atoms with E-state index in [0.29, 0.717) is 34.4 Å². The Morgan fingerprint density at radius 2 is 1.84 bits per heavy atom. The largest absolute Gasteiger partial charge is 0.495 e. The number of carbonyl (C=O) groups excluding carboxylic acids is 1. The third-order valence-corrected chi connectivity index (χ3v) is 6.26. The second-order valence-electron chi connectivity index (χ2n) is 6.44. The van der Waals surface area contributed by atoms with E-state index in [0.717, 1.165) is 4.31 Å². The van der Waals surface area contributed by atoms with E-state index < -0.39 is 15.9 Å². The van der Waals surface area contributed by atoms with Crippen LogP contribution >= 0.6 is 11.6 Å². The molecule has 168 valence electrons. The summed E-state index contributed by atoms with van der Waals surface area (Å²) >= 11 is 6.22. The van der Waals surface area contributed by atoms with Crippen LogP contribution in [0, 0.1) is 0 Å². The molecule has 0 heterocycles. The zero-order valence-electron chi connectivity index (χ0n) is 17.9. The van der Waals surface area contributed by atoms with Crippen LogP contribution < -0.4 is 19.5 Å². The second kappa shape index (κ2) is 10.5. The summed E-state index contributed by atoms with van der Waals surface area (Å²) in [6.45, 7) is 2.26. The summed E-state index contributed by atoms with van der Waals surface area (Å²) in [4.78, 5) is 12.5. The van der Waals surface area contributed by atoms with Crippen molar-refractivity contribution in [2.24, 2.45) is 0 Å². The van der Waals surface area contributed by atoms with Gasteiger partial charge in [0.05, 0.1) is 36.4 Å². The number of ether oxygens (including phenoxy) is 3. The zero-order valence-corrected chi connectivity index (χ0v) is 19.5. The van der Waals surface area contributed by atoms with E-state index in [4.69, 9.17) is 25.8 Å². The third-order valence-electron chi connectivity index (χ3n) is 4.17. The number of methoxy groups -OCH3 is 2. The first-order valence-corrected chi connectivity index (χ1v) is 11.1. The van der Waals surface area contributed by atoms with Crippen LogP contribution in [0.2, 0.25) is 5.02 Å². The number of anilines is 1. The fourth-order valence-electron chi connectivity index (χ4n) is 2.65. The van der Waals surface area contributed by atoms with Crippen LogP contribution in [0.5, 0.6) is 17.2 Å². The summed E-state index contributed by atoms with van der Waals surface area (Å²) in [6, 6.07) is 7.57. The van der Waals surface area contributed by atoms with Gasteiger partial charge < -0.3 is 19.5 Å². The van der Waals surface area contributed by atoms with Crippen LogP contribution in [0.4, 0.5) is 5.69 Å². The number of rotatable bonds is 9. The van der Waals surface area contributed by atoms with Crippen LogP contribution in [0.25, 0.3) is 6.08 Å². The normalized spacial score (nSPS) is 11.6. The summed E-state index contributed by atoms with van der Waals surface area (Å²) in [5.74, 6) is 0.711. The van der Waals surface area contributed by atoms with E-state index in [1.807, 2.05) is 6.92 Å². The maximum atomic E-state index is 12.5. The van der Waals surface area contributed by atoms with Crippen LogP contribution in [0.3, 0.4) is 0 Å². The van der Waals surface area contributed by atoms with Gasteiger partial charge in [0.25, 0.3) is 0 Å². The van der Waals surface area contributed by atoms with Gasteiger partial charge >= 0.3 is 0 Å². The lowest BCUT2D eigenvalue weighted by molar-refractivity contribution is -0.111. The Labute approximate surface area is 187 Å². The Hall–Kier alpha value is -2.75. The van der Waals surface area contributed by atoms with Gasteiger partial charge in [-0.3, -0.25) is 4.79 Å². The molecule has 0 saturated heterocycles. The van der Waals surface area contributed by atoms with Gasteiger partial charge in [-0.1, -0.05) is 11.6 Å². The van der Waals surface area contributed by atoms with E-state index in [2.05, 4.69) is 5.32 Å². The van der Waals surface area contributed by atoms with Gasteiger partial charge in [-0.25, -0.2) is 12.7 Å². The maximum absolute atomic E-state index is 12.5. The van der Waals surface area contributed by atoms with Crippen LogP contribution in [-0.2, 0) is 14.8 Å². The molecule has 2 aromatic carbocycles. The molecule has 1 amide bonds. The van der Waals surface area contributed by atoms with Crippen molar-refractivity contribution in [3.63, 3.8) is 0 Å². The molecule has 0 atom stereocenters. The first-order valence-electron chi connectivity index (χ1n) is 9.24. The van der Waals surface area contributed by atoms with Gasteiger partial charge in [-0.2, -0.15) is 0 Å². The topological polar surface area (TPSA) is 94.2 Å². The van der Waals surface area contributed by atoms with E-state index in [-0.39, 0.29) is 10.6 Å². The van der Waals surface area contributed by atoms with Crippen molar-refractivity contribution in [2.75, 3.05) is 40.2 Å². The highest BCUT2D eigenvalue weighted by atomic mass is 35.5. The molecule has 0 aliphatic rings. The average Bonchev–Trinajstić information content (AvgIpc) is 2.72. The number of hydrogen-bond acceptors (Lipinski definition) is 6. The maximum Gasteiger partial charge on any atom is 0.248 e. The standard InChI is InChI=1S/C21H25ClN2O6S/c1-6-30-19-12-14(11-16(22)21(19)29-5)7-10-20(25)23-17-13-15(8-9-18(17)28-4)31(26,27)24(2)3/h7-13H,6H2,1-5H3,(H,23,25)/b10-7+. The van der Waals surface area contributed by atoms with Gasteiger partial charge in [0.15, 0.2) is 11.5 Å². The Morgan fingerprint density at radius 1 is 1.13 bits per heavy atom. The second-order valence-corrected chi connectivity index (χ2v) is 9.00. The zero-order chi connectivity index (χ0) is 23.2. The van der Waals surface area contributed by atoms with Gasteiger partial charge in [0.1, 0.15) is 5.75 Å². The molecule has 1 N–H and O–H groups in total. The highest BCUT2D eigenvalue weighted by molar-refractivity contribution is 7.89. The van der Waals surface area contributed by atoms with E-state index in [1.165, 1.54) is 52.6 Å². The smallest absolute Gasteiger partial charge is 0.248 e. The molecule has 0 unspecified atom stereocenters. The molecule has 0 aromatic heterocycles. The van der Waals surface area contributed by atoms with Crippen molar-refractivity contribution >= 4 is 39.3 Å². The number of nitrogens with one attached hydrogen (secondary N) is 1. The summed E-state index contributed by atoms with van der Waals surface area (Å²) in [5, 5.41) is 2.98. The Morgan fingerprint density at radius 3 is 2.42 bits per heavy atom. The van der Waals surface area contributed by atoms with Crippen molar-refractivity contribution in [3.8, 4) is 17.2 Å². The van der Waals surface area contributed by atoms with E-state index >= 15 is 0 Å². The minimum Gasteiger partial charge on any atom is -0.495 e. The van der Waals surface area contributed by atoms with Gasteiger partial charge in [0.2, 0.25) is 15.9 Å². The fraction of sp³-hybridized carbons (Fsp3) is 0.286. The predicted octanol–water partition coefficient (Wildman–Crippen LogP) is 3.66. The molecule has 8 nitrogen and oxygen atoms in total. The van der Waals surface area contributed by atoms with Crippen molar-refractivity contribution in [1.82, 2.24) is 4.31 Å². The lowest BCUT2D eigenvalue weighted by Crippen LogP contribution is -2.22. The van der Waals surface area contributed by atoms with Crippen LogP contribution in [-0.4, -0.2) is 53.6 Å². The number of amides is 1. The number of hydrogen-bond donors (Lipinski definition) is 1. The van der Waals surface area contributed by atoms with Gasteiger partial charge in [-0.05, 0) is 48.9 Å². The fourth-order valence-corrected chi connectivity index (χ4v) is 3.87. The molecular weight excluding hydrogens is 444 g/mol. The molecule has 2 rings (SSSR count). The van der Waals surface area contributed by atoms with E-state index in [9.17, 15) is 13.2 Å². The van der Waals surface area contributed by atoms with Crippen LogP contribution in [0.15, 0.2) is 41.3 Å². The molecule has 0 saturated carbocycles. The van der Waals surface area contributed by atoms with Crippen molar-refractivity contribution < 1.29 is 27.4 Å². The van der Waals surface area contributed by atoms with Crippen LogP contribution in [0.1, 0.15) is 12.5 Å². The lowest BCUT2D eigenvalue weighted by Gasteiger charge is -2.14. The predicted molar refractivity (Wildman–Crippen MR) is 121 cm³/mol. The molecule has 0 radical (unpaired) electrons. The summed E-state index contributed by atoms with van der Waals surface area (Å²) in [5.41, 5.74) is 0.850. The Kier molecular flexibility index (Phi) is 8.32. The number of benzene rings is 2. The van der Waals surface area contributed by atoms with Gasteiger partial charge in [-0.15, -0.1) is 0 Å². The highest BCUT2D eigenvalue weighted by Gasteiger charge is 2.19. The monoisotopic (exact) mass is 468 g/mol. The summed E-state index contributed by atoms with van der Waals surface area (Å²) < 4.78 is 41.8. The highest BCUT2D eigenvalue weighted by Crippen LogP contribution is 2.36. The molecule has 31 heavy (non-hydrogen) atoms. The minimum atomic E-state index is -3.67. The molecule has 0 aliphatic heterocycles. The Balaban J connectivity index is 2.29. The SMILES string of the molecule is CCOc1cc(/C=C/C(=O)Nc2cc(S(=O)(=O)N(C)C)ccc2OC)cc(Cl)c1OC. The molecule has 10 heteroatoms. The average molecular weight is 469 g/mol. The van der Waals surface area contributed by atoms with E-state index in [1.54, 1.807) is 18.2 Å². The molecule has 0 fully saturated rings. The molecule has 2 aromatic rings. The number of halogens is 1. The summed E-state index contributed by atoms with van der Waals surface area (Å²) in [6.07, 6.45) is 2.84. The van der Waals surface area contributed by atoms with Gasteiger partial charge in [0, 0.05) is 20.2 Å². The van der Waals surface area contributed by atoms with Crippen molar-refractivity contribution in [1.29, 1.82) is 0 Å². The van der Waals surface area contributed by atoms with Crippen molar-refractivity contribution in [3.05, 3.63) is 47.0 Å². The molecule has 0 spiro atoms. The molecule has 0 bridgehead atoms. The van der Waals surface area contributed by atoms with Crippen molar-refractivity contribution in [2.45, 2.75) is 11.8 Å². The first kappa shape index (κ1) is 24.5. The number of sulfonamides is 1. The minimum absolute atomic E-state index is 0.0286. The number of carbonyl (C=O) groups is 1. The first-order chi connectivity index (χ1) is 14.6. The number of nitrogens with zero attached hydrogens (tertiary/aromatic N) is 1. The molecule has 0 aliphatic carbocycles. The Bertz CT molecular complexity index is 1080. The lowest BCUT2D eigenvalue weighted by atomic mass is 10.2. The molecular formula is C21H25ClN2O6S. The third kappa shape index (κ3) is 5.90. The quantitative estimate of drug-likeness (QED) is 0.564.